The molecule has 0 aliphatic heterocycles. The number of carbonyl (C=O) groups excluding carboxylic acids is 1. The topological polar surface area (TPSA) is 75.7 Å². The lowest BCUT2D eigenvalue weighted by Crippen LogP contribution is -2.30. The molecule has 0 atom stereocenters. The van der Waals surface area contributed by atoms with Gasteiger partial charge < -0.3 is 10.1 Å². The summed E-state index contributed by atoms with van der Waals surface area (Å²) in [7, 11) is -3.47. The summed E-state index contributed by atoms with van der Waals surface area (Å²) in [6, 6.07) is 6.03. The number of sulfonamides is 1. The molecular formula is C15H22N2O4S. The normalized spacial score (nSPS) is 11.2. The van der Waals surface area contributed by atoms with Crippen LogP contribution in [0.3, 0.4) is 0 Å². The standard InChI is InChI=1S/C15H22N2O4S/c1-4-11-16-15(18)12-21-13-7-9-14(10-8-13)22(19,20)17(5-2)6-3/h4,7-10H,1,5-6,11-12H2,2-3H3,(H,16,18). The summed E-state index contributed by atoms with van der Waals surface area (Å²) in [5.74, 6) is 0.173. The third-order valence-corrected chi connectivity index (χ3v) is 5.04. The van der Waals surface area contributed by atoms with Gasteiger partial charge in [-0.3, -0.25) is 4.79 Å². The summed E-state index contributed by atoms with van der Waals surface area (Å²) in [4.78, 5) is 11.6. The highest BCUT2D eigenvalue weighted by atomic mass is 32.2. The molecule has 22 heavy (non-hydrogen) atoms. The van der Waals surface area contributed by atoms with Gasteiger partial charge in [-0.1, -0.05) is 19.9 Å². The number of hydrogen-bond acceptors (Lipinski definition) is 4. The molecule has 0 saturated heterocycles. The summed E-state index contributed by atoms with van der Waals surface area (Å²) < 4.78 is 31.3. The van der Waals surface area contributed by atoms with E-state index < -0.39 is 10.0 Å². The van der Waals surface area contributed by atoms with Crippen LogP contribution in [0, 0.1) is 0 Å². The van der Waals surface area contributed by atoms with Crippen LogP contribution in [0.25, 0.3) is 0 Å². The van der Waals surface area contributed by atoms with Crippen molar-refractivity contribution in [3.8, 4) is 5.75 Å². The van der Waals surface area contributed by atoms with Crippen LogP contribution in [-0.2, 0) is 14.8 Å². The minimum absolute atomic E-state index is 0.129. The van der Waals surface area contributed by atoms with Gasteiger partial charge in [-0.25, -0.2) is 8.42 Å². The summed E-state index contributed by atoms with van der Waals surface area (Å²) in [6.45, 7) is 8.16. The van der Waals surface area contributed by atoms with Crippen molar-refractivity contribution in [2.45, 2.75) is 18.7 Å². The molecule has 7 heteroatoms. The van der Waals surface area contributed by atoms with Gasteiger partial charge in [-0.15, -0.1) is 6.58 Å². The van der Waals surface area contributed by atoms with Crippen LogP contribution in [0.15, 0.2) is 41.8 Å². The Balaban J connectivity index is 2.71. The number of rotatable bonds is 9. The van der Waals surface area contributed by atoms with Crippen molar-refractivity contribution < 1.29 is 17.9 Å². The van der Waals surface area contributed by atoms with E-state index in [1.165, 1.54) is 28.6 Å². The van der Waals surface area contributed by atoms with Gasteiger partial charge in [0.05, 0.1) is 4.90 Å². The van der Waals surface area contributed by atoms with Crippen molar-refractivity contribution in [1.29, 1.82) is 0 Å². The van der Waals surface area contributed by atoms with Crippen molar-refractivity contribution in [3.05, 3.63) is 36.9 Å². The van der Waals surface area contributed by atoms with Crippen molar-refractivity contribution >= 4 is 15.9 Å². The molecule has 0 aromatic heterocycles. The molecule has 1 amide bonds. The van der Waals surface area contributed by atoms with Gasteiger partial charge in [-0.2, -0.15) is 4.31 Å². The Labute approximate surface area is 131 Å². The Kier molecular flexibility index (Phi) is 7.07. The largest absolute Gasteiger partial charge is 0.484 e. The smallest absolute Gasteiger partial charge is 0.258 e. The third kappa shape index (κ3) is 4.85. The first-order valence-corrected chi connectivity index (χ1v) is 8.50. The second-order valence-corrected chi connectivity index (χ2v) is 6.38. The molecule has 0 spiro atoms. The van der Waals surface area contributed by atoms with Gasteiger partial charge in [-0.05, 0) is 24.3 Å². The highest BCUT2D eigenvalue weighted by molar-refractivity contribution is 7.89. The van der Waals surface area contributed by atoms with Gasteiger partial charge in [0.1, 0.15) is 5.75 Å². The van der Waals surface area contributed by atoms with E-state index in [0.717, 1.165) is 0 Å². The van der Waals surface area contributed by atoms with Crippen LogP contribution in [0.4, 0.5) is 0 Å². The molecule has 1 aromatic carbocycles. The number of amides is 1. The number of nitrogens with zero attached hydrogens (tertiary/aromatic N) is 1. The van der Waals surface area contributed by atoms with E-state index in [0.29, 0.717) is 25.4 Å². The Bertz CT molecular complexity index is 592. The summed E-state index contributed by atoms with van der Waals surface area (Å²) in [5, 5.41) is 2.58. The van der Waals surface area contributed by atoms with Crippen molar-refractivity contribution in [2.24, 2.45) is 0 Å². The molecule has 6 nitrogen and oxygen atoms in total. The zero-order valence-electron chi connectivity index (χ0n) is 12.9. The monoisotopic (exact) mass is 326 g/mol. The Morgan fingerprint density at radius 2 is 1.86 bits per heavy atom. The fourth-order valence-electron chi connectivity index (χ4n) is 1.81. The maximum absolute atomic E-state index is 12.3. The summed E-state index contributed by atoms with van der Waals surface area (Å²) in [6.07, 6.45) is 1.57. The molecule has 0 radical (unpaired) electrons. The van der Waals surface area contributed by atoms with E-state index in [2.05, 4.69) is 11.9 Å². The molecule has 0 bridgehead atoms. The summed E-state index contributed by atoms with van der Waals surface area (Å²) in [5.41, 5.74) is 0. The molecule has 0 heterocycles. The van der Waals surface area contributed by atoms with Crippen LogP contribution in [-0.4, -0.2) is 44.9 Å². The maximum Gasteiger partial charge on any atom is 0.258 e. The fraction of sp³-hybridized carbons (Fsp3) is 0.400. The van der Waals surface area contributed by atoms with Gasteiger partial charge in [0.2, 0.25) is 10.0 Å². The Morgan fingerprint density at radius 1 is 1.27 bits per heavy atom. The highest BCUT2D eigenvalue weighted by Crippen LogP contribution is 2.19. The number of benzene rings is 1. The molecule has 1 aromatic rings. The molecule has 122 valence electrons. The van der Waals surface area contributed by atoms with E-state index in [-0.39, 0.29) is 17.4 Å². The predicted molar refractivity (Wildman–Crippen MR) is 85.3 cm³/mol. The molecule has 0 aliphatic rings. The van der Waals surface area contributed by atoms with E-state index in [4.69, 9.17) is 4.74 Å². The average Bonchev–Trinajstić information content (AvgIpc) is 2.52. The van der Waals surface area contributed by atoms with Crippen LogP contribution in [0.1, 0.15) is 13.8 Å². The van der Waals surface area contributed by atoms with Gasteiger partial charge >= 0.3 is 0 Å². The maximum atomic E-state index is 12.3. The molecule has 0 unspecified atom stereocenters. The Hall–Kier alpha value is -1.86. The van der Waals surface area contributed by atoms with Crippen LogP contribution >= 0.6 is 0 Å². The molecule has 0 aliphatic carbocycles. The van der Waals surface area contributed by atoms with Gasteiger partial charge in [0, 0.05) is 19.6 Å². The van der Waals surface area contributed by atoms with Crippen LogP contribution < -0.4 is 10.1 Å². The number of ether oxygens (including phenoxy) is 1. The molecule has 0 saturated carbocycles. The highest BCUT2D eigenvalue weighted by Gasteiger charge is 2.21. The van der Waals surface area contributed by atoms with Crippen molar-refractivity contribution in [3.63, 3.8) is 0 Å². The number of nitrogens with one attached hydrogen (secondary N) is 1. The number of hydrogen-bond donors (Lipinski definition) is 1. The zero-order valence-corrected chi connectivity index (χ0v) is 13.7. The van der Waals surface area contributed by atoms with E-state index in [1.807, 2.05) is 0 Å². The van der Waals surface area contributed by atoms with E-state index in [1.54, 1.807) is 19.9 Å². The second-order valence-electron chi connectivity index (χ2n) is 4.44. The minimum atomic E-state index is -3.47. The third-order valence-electron chi connectivity index (χ3n) is 2.98. The molecule has 1 rings (SSSR count). The van der Waals surface area contributed by atoms with Gasteiger partial charge in [0.25, 0.3) is 5.91 Å². The molecular weight excluding hydrogens is 304 g/mol. The molecule has 1 N–H and O–H groups in total. The van der Waals surface area contributed by atoms with Gasteiger partial charge in [0.15, 0.2) is 6.61 Å². The lowest BCUT2D eigenvalue weighted by atomic mass is 10.3. The summed E-state index contributed by atoms with van der Waals surface area (Å²) >= 11 is 0. The SMILES string of the molecule is C=CCNC(=O)COc1ccc(S(=O)(=O)N(CC)CC)cc1. The first-order chi connectivity index (χ1) is 10.5. The quantitative estimate of drug-likeness (QED) is 0.696. The molecule has 0 fully saturated rings. The lowest BCUT2D eigenvalue weighted by molar-refractivity contribution is -0.122. The minimum Gasteiger partial charge on any atom is -0.484 e. The predicted octanol–water partition coefficient (Wildman–Crippen LogP) is 1.40. The fourth-order valence-corrected chi connectivity index (χ4v) is 3.26. The average molecular weight is 326 g/mol. The van der Waals surface area contributed by atoms with E-state index >= 15 is 0 Å². The zero-order chi connectivity index (χ0) is 16.6. The van der Waals surface area contributed by atoms with E-state index in [9.17, 15) is 13.2 Å². The first kappa shape index (κ1) is 18.2. The second kappa shape index (κ2) is 8.55. The Morgan fingerprint density at radius 3 is 2.36 bits per heavy atom. The van der Waals surface area contributed by atoms with Crippen molar-refractivity contribution in [1.82, 2.24) is 9.62 Å². The lowest BCUT2D eigenvalue weighted by Gasteiger charge is -2.18. The number of carbonyl (C=O) groups is 1. The first-order valence-electron chi connectivity index (χ1n) is 7.06. The van der Waals surface area contributed by atoms with Crippen molar-refractivity contribution in [2.75, 3.05) is 26.2 Å². The van der Waals surface area contributed by atoms with Crippen LogP contribution in [0.2, 0.25) is 0 Å². The van der Waals surface area contributed by atoms with Crippen LogP contribution in [0.5, 0.6) is 5.75 Å².